The molecule has 0 aliphatic carbocycles. The van der Waals surface area contributed by atoms with Crippen LogP contribution in [-0.4, -0.2) is 42.4 Å². The van der Waals surface area contributed by atoms with Crippen LogP contribution < -0.4 is 10.6 Å². The van der Waals surface area contributed by atoms with Gasteiger partial charge in [-0.25, -0.2) is 0 Å². The van der Waals surface area contributed by atoms with E-state index < -0.39 is 8.03 Å². The zero-order valence-corrected chi connectivity index (χ0v) is 14.7. The van der Waals surface area contributed by atoms with Crippen LogP contribution in [0, 0.1) is 6.92 Å². The van der Waals surface area contributed by atoms with Crippen LogP contribution in [0.5, 0.6) is 0 Å². The van der Waals surface area contributed by atoms with Crippen LogP contribution in [-0.2, 0) is 4.57 Å². The van der Waals surface area contributed by atoms with E-state index in [0.29, 0.717) is 31.4 Å². The van der Waals surface area contributed by atoms with Gasteiger partial charge in [0, 0.05) is 42.6 Å². The molecule has 0 saturated carbocycles. The lowest BCUT2D eigenvalue weighted by Crippen LogP contribution is -2.28. The molecule has 0 aliphatic heterocycles. The molecule has 1 rings (SSSR count). The van der Waals surface area contributed by atoms with E-state index in [4.69, 9.17) is 28.9 Å². The van der Waals surface area contributed by atoms with Gasteiger partial charge in [-0.15, -0.1) is 23.2 Å². The Kier molecular flexibility index (Phi) is 8.69. The Morgan fingerprint density at radius 1 is 1.33 bits per heavy atom. The monoisotopic (exact) mass is 352 g/mol. The second-order valence-corrected chi connectivity index (χ2v) is 6.89. The number of aryl methyl sites for hydroxylation is 1. The minimum Gasteiger partial charge on any atom is -0.369 e. The lowest BCUT2D eigenvalue weighted by Gasteiger charge is -2.25. The van der Waals surface area contributed by atoms with Gasteiger partial charge in [0.1, 0.15) is 0 Å². The molecule has 0 saturated heterocycles. The normalized spacial score (nSPS) is 14.0. The third-order valence-electron chi connectivity index (χ3n) is 3.48. The molecule has 0 heterocycles. The first-order chi connectivity index (χ1) is 10.0. The van der Waals surface area contributed by atoms with Crippen molar-refractivity contribution in [3.05, 3.63) is 29.3 Å². The number of hydrogen-bond acceptors (Lipinski definition) is 3. The smallest absolute Gasteiger partial charge is 0.189 e. The second kappa shape index (κ2) is 9.70. The summed E-state index contributed by atoms with van der Waals surface area (Å²) < 4.78 is 11.2. The molecule has 2 atom stereocenters. The summed E-state index contributed by atoms with van der Waals surface area (Å²) in [5.74, 6) is 0.936. The molecule has 4 nitrogen and oxygen atoms in total. The van der Waals surface area contributed by atoms with Crippen molar-refractivity contribution in [2.75, 3.05) is 42.5 Å². The van der Waals surface area contributed by atoms with Crippen LogP contribution >= 0.6 is 31.2 Å². The number of rotatable bonds is 9. The number of benzene rings is 1. The van der Waals surface area contributed by atoms with Crippen LogP contribution in [0.15, 0.2) is 18.2 Å². The van der Waals surface area contributed by atoms with E-state index in [2.05, 4.69) is 4.90 Å². The Bertz CT molecular complexity index is 468. The molecule has 0 fully saturated rings. The van der Waals surface area contributed by atoms with E-state index in [9.17, 15) is 9.46 Å². The summed E-state index contributed by atoms with van der Waals surface area (Å²) in [7, 11) is -2.55. The van der Waals surface area contributed by atoms with E-state index in [-0.39, 0.29) is 12.1 Å². The minimum absolute atomic E-state index is 0.102. The van der Waals surface area contributed by atoms with Gasteiger partial charge in [-0.05, 0) is 36.7 Å². The molecule has 0 aromatic heterocycles. The highest BCUT2D eigenvalue weighted by Gasteiger charge is 2.16. The summed E-state index contributed by atoms with van der Waals surface area (Å²) in [6.45, 7) is 3.76. The molecule has 1 aromatic rings. The molecule has 2 unspecified atom stereocenters. The highest BCUT2D eigenvalue weighted by atomic mass is 35.5. The maximum atomic E-state index is 11.2. The maximum Gasteiger partial charge on any atom is 0.189 e. The van der Waals surface area contributed by atoms with Gasteiger partial charge in [-0.3, -0.25) is 4.57 Å². The molecule has 1 aromatic carbocycles. The lowest BCUT2D eigenvalue weighted by molar-refractivity contribution is 0.497. The van der Waals surface area contributed by atoms with E-state index >= 15 is 0 Å². The number of nitrogens with two attached hydrogens (primary N) is 1. The van der Waals surface area contributed by atoms with Gasteiger partial charge in [-0.2, -0.15) is 0 Å². The number of halogens is 2. The van der Waals surface area contributed by atoms with Gasteiger partial charge in [0.2, 0.25) is 0 Å². The first-order valence-electron chi connectivity index (χ1n) is 6.92. The summed E-state index contributed by atoms with van der Waals surface area (Å²) in [6.07, 6.45) is 0.219. The second-order valence-electron chi connectivity index (χ2n) is 4.94. The quantitative estimate of drug-likeness (QED) is 0.529. The fourth-order valence-corrected chi connectivity index (χ4v) is 3.59. The predicted molar refractivity (Wildman–Crippen MR) is 92.7 cm³/mol. The van der Waals surface area contributed by atoms with E-state index in [0.717, 1.165) is 16.8 Å². The number of hydrogen-bond donors (Lipinski definition) is 2. The Hall–Kier alpha value is -0.250. The van der Waals surface area contributed by atoms with Crippen LogP contribution in [0.2, 0.25) is 0 Å². The van der Waals surface area contributed by atoms with Crippen molar-refractivity contribution in [1.29, 1.82) is 0 Å². The third kappa shape index (κ3) is 5.80. The zero-order chi connectivity index (χ0) is 15.8. The highest BCUT2D eigenvalue weighted by Crippen LogP contribution is 2.30. The maximum absolute atomic E-state index is 11.2. The van der Waals surface area contributed by atoms with E-state index in [1.807, 2.05) is 25.1 Å². The Balaban J connectivity index is 3.09. The van der Waals surface area contributed by atoms with Crippen LogP contribution in [0.4, 0.5) is 5.69 Å². The average Bonchev–Trinajstić information content (AvgIpc) is 2.45. The molecule has 3 N–H and O–H groups in total. The zero-order valence-electron chi connectivity index (χ0n) is 12.2. The summed E-state index contributed by atoms with van der Waals surface area (Å²) in [6, 6.07) is 6.07. The van der Waals surface area contributed by atoms with Crippen molar-refractivity contribution in [2.45, 2.75) is 12.8 Å². The minimum atomic E-state index is -2.55. The Morgan fingerprint density at radius 2 is 1.95 bits per heavy atom. The molecule has 0 amide bonds. The van der Waals surface area contributed by atoms with Gasteiger partial charge in [-0.1, -0.05) is 6.07 Å². The first kappa shape index (κ1) is 18.8. The van der Waals surface area contributed by atoms with Crippen LogP contribution in [0.1, 0.15) is 17.0 Å². The van der Waals surface area contributed by atoms with E-state index in [1.54, 1.807) is 0 Å². The molecule has 120 valence electrons. The molecular weight excluding hydrogens is 330 g/mol. The van der Waals surface area contributed by atoms with Crippen LogP contribution in [0.3, 0.4) is 0 Å². The van der Waals surface area contributed by atoms with Crippen molar-refractivity contribution in [3.63, 3.8) is 0 Å². The molecular formula is C14H23Cl2N2O2P. The van der Waals surface area contributed by atoms with Gasteiger partial charge >= 0.3 is 0 Å². The topological polar surface area (TPSA) is 66.6 Å². The highest BCUT2D eigenvalue weighted by molar-refractivity contribution is 7.38. The Labute approximate surface area is 137 Å². The fraction of sp³-hybridized carbons (Fsp3) is 0.571. The molecule has 7 heteroatoms. The molecule has 0 bridgehead atoms. The van der Waals surface area contributed by atoms with Crippen molar-refractivity contribution in [3.8, 4) is 0 Å². The summed E-state index contributed by atoms with van der Waals surface area (Å²) in [5.41, 5.74) is 8.90. The SMILES string of the molecule is Cc1ccc(N(CCCl)CCCl)cc1C(CN)C[PH](=O)O. The number of alkyl halides is 2. The van der Waals surface area contributed by atoms with Gasteiger partial charge < -0.3 is 15.5 Å². The van der Waals surface area contributed by atoms with Crippen molar-refractivity contribution < 1.29 is 9.46 Å². The lowest BCUT2D eigenvalue weighted by atomic mass is 9.95. The molecule has 0 aliphatic rings. The molecule has 21 heavy (non-hydrogen) atoms. The number of anilines is 1. The fourth-order valence-electron chi connectivity index (χ4n) is 2.37. The number of nitrogens with zero attached hydrogens (tertiary/aromatic N) is 1. The molecule has 0 spiro atoms. The van der Waals surface area contributed by atoms with Gasteiger partial charge in [0.25, 0.3) is 0 Å². The third-order valence-corrected chi connectivity index (χ3v) is 4.66. The first-order valence-corrected chi connectivity index (χ1v) is 9.55. The van der Waals surface area contributed by atoms with Gasteiger partial charge in [0.15, 0.2) is 8.03 Å². The van der Waals surface area contributed by atoms with Crippen molar-refractivity contribution in [1.82, 2.24) is 0 Å². The molecule has 0 radical (unpaired) electrons. The van der Waals surface area contributed by atoms with E-state index in [1.165, 1.54) is 0 Å². The standard InChI is InChI=1S/C14H23Cl2N2O2P/c1-11-2-3-13(18(6-4-15)7-5-16)8-14(11)12(9-17)10-21(19)20/h2-3,8,12,21H,4-7,9-10,17H2,1H3,(H,19,20). The summed E-state index contributed by atoms with van der Waals surface area (Å²) in [5, 5.41) is 0. The van der Waals surface area contributed by atoms with Gasteiger partial charge in [0.05, 0.1) is 0 Å². The van der Waals surface area contributed by atoms with Crippen molar-refractivity contribution in [2.24, 2.45) is 5.73 Å². The average molecular weight is 353 g/mol. The Morgan fingerprint density at radius 3 is 2.43 bits per heavy atom. The van der Waals surface area contributed by atoms with Crippen LogP contribution in [0.25, 0.3) is 0 Å². The largest absolute Gasteiger partial charge is 0.369 e. The summed E-state index contributed by atoms with van der Waals surface area (Å²) in [4.78, 5) is 11.3. The predicted octanol–water partition coefficient (Wildman–Crippen LogP) is 2.79. The summed E-state index contributed by atoms with van der Waals surface area (Å²) >= 11 is 11.7. The van der Waals surface area contributed by atoms with Crippen molar-refractivity contribution >= 4 is 36.9 Å².